The fourth-order valence-corrected chi connectivity index (χ4v) is 0.309. The third kappa shape index (κ3) is 2.98. The fourth-order valence-electron chi connectivity index (χ4n) is 0.309. The van der Waals surface area contributed by atoms with Crippen molar-refractivity contribution < 1.29 is 18.3 Å². The van der Waals surface area contributed by atoms with E-state index in [1.165, 1.54) is 0 Å². The Kier molecular flexibility index (Phi) is 5.34. The number of rotatable bonds is 2. The number of nitrogens with two attached hydrogens (primary N) is 1. The molecule has 0 heterocycles. The van der Waals surface area contributed by atoms with Crippen LogP contribution in [0.3, 0.4) is 0 Å². The summed E-state index contributed by atoms with van der Waals surface area (Å²) in [5.41, 5.74) is 2.70. The lowest BCUT2D eigenvalue weighted by Gasteiger charge is -2.19. The van der Waals surface area contributed by atoms with Crippen LogP contribution >= 0.6 is 12.4 Å². The predicted octanol–water partition coefficient (Wildman–Crippen LogP) is 0.564. The molecule has 2 N–H and O–H groups in total. The fraction of sp³-hybridized carbons (Fsp3) is 0.800. The highest BCUT2D eigenvalue weighted by atomic mass is 35.5. The van der Waals surface area contributed by atoms with Gasteiger partial charge < -0.3 is 10.5 Å². The highest BCUT2D eigenvalue weighted by Gasteiger charge is 2.39. The minimum Gasteiger partial charge on any atom is -0.467 e. The number of hydrogen-bond acceptors (Lipinski definition) is 3. The van der Waals surface area contributed by atoms with Gasteiger partial charge >= 0.3 is 5.97 Å². The molecule has 0 saturated heterocycles. The van der Waals surface area contributed by atoms with Gasteiger partial charge in [0.05, 0.1) is 7.11 Å². The Morgan fingerprint density at radius 3 is 2.09 bits per heavy atom. The minimum atomic E-state index is -2.90. The summed E-state index contributed by atoms with van der Waals surface area (Å²) in [7, 11) is 1.01. The maximum absolute atomic E-state index is 11.8. The zero-order valence-corrected chi connectivity index (χ0v) is 6.95. The van der Waals surface area contributed by atoms with Gasteiger partial charge in [-0.2, -0.15) is 0 Å². The standard InChI is InChI=1S/C5H9F2NO2.ClH/c1-5(8,3(6)7)4(9)10-2;/h3H,8H2,1-2H3;1H. The van der Waals surface area contributed by atoms with Crippen LogP contribution < -0.4 is 5.73 Å². The molecule has 11 heavy (non-hydrogen) atoms. The summed E-state index contributed by atoms with van der Waals surface area (Å²) in [6, 6.07) is 0. The molecule has 0 amide bonds. The summed E-state index contributed by atoms with van der Waals surface area (Å²) in [4.78, 5) is 10.4. The second-order valence-electron chi connectivity index (χ2n) is 2.07. The molecule has 6 heteroatoms. The van der Waals surface area contributed by atoms with Crippen molar-refractivity contribution in [2.45, 2.75) is 18.9 Å². The topological polar surface area (TPSA) is 52.3 Å². The first kappa shape index (κ1) is 13.2. The molecule has 0 saturated carbocycles. The smallest absolute Gasteiger partial charge is 0.331 e. The van der Waals surface area contributed by atoms with E-state index in [1.807, 2.05) is 0 Å². The zero-order chi connectivity index (χ0) is 8.36. The number of carbonyl (C=O) groups is 1. The molecule has 0 aromatic heterocycles. The second-order valence-corrected chi connectivity index (χ2v) is 2.07. The van der Waals surface area contributed by atoms with E-state index in [9.17, 15) is 13.6 Å². The van der Waals surface area contributed by atoms with Gasteiger partial charge in [-0.25, -0.2) is 13.6 Å². The maximum Gasteiger partial charge on any atom is 0.331 e. The minimum absolute atomic E-state index is 0. The van der Waals surface area contributed by atoms with E-state index < -0.39 is 17.9 Å². The van der Waals surface area contributed by atoms with Crippen LogP contribution in [0, 0.1) is 0 Å². The number of carbonyl (C=O) groups excluding carboxylic acids is 1. The van der Waals surface area contributed by atoms with Crippen molar-refractivity contribution in [1.82, 2.24) is 0 Å². The molecule has 0 aliphatic carbocycles. The normalized spacial score (nSPS) is 15.1. The lowest BCUT2D eigenvalue weighted by atomic mass is 10.1. The number of ether oxygens (including phenoxy) is 1. The van der Waals surface area contributed by atoms with E-state index in [0.717, 1.165) is 14.0 Å². The Morgan fingerprint density at radius 2 is 2.00 bits per heavy atom. The molecular formula is C5H10ClF2NO2. The van der Waals surface area contributed by atoms with Gasteiger partial charge in [-0.05, 0) is 6.92 Å². The Balaban J connectivity index is 0. The van der Waals surface area contributed by atoms with Gasteiger partial charge in [0.15, 0.2) is 5.54 Å². The SMILES string of the molecule is COC(=O)C(C)(N)C(F)F.Cl. The van der Waals surface area contributed by atoms with Crippen molar-refractivity contribution in [3.05, 3.63) is 0 Å². The van der Waals surface area contributed by atoms with Crippen molar-refractivity contribution in [2.24, 2.45) is 5.73 Å². The molecule has 0 rings (SSSR count). The van der Waals surface area contributed by atoms with Crippen LogP contribution in [-0.4, -0.2) is 25.0 Å². The largest absolute Gasteiger partial charge is 0.467 e. The summed E-state index contributed by atoms with van der Waals surface area (Å²) in [5, 5.41) is 0. The third-order valence-electron chi connectivity index (χ3n) is 1.08. The van der Waals surface area contributed by atoms with Gasteiger partial charge in [0.2, 0.25) is 0 Å². The molecule has 0 aromatic rings. The molecule has 0 spiro atoms. The van der Waals surface area contributed by atoms with E-state index in [4.69, 9.17) is 5.73 Å². The molecule has 0 aliphatic heterocycles. The first-order valence-corrected chi connectivity index (χ1v) is 2.58. The molecule has 0 radical (unpaired) electrons. The molecule has 68 valence electrons. The van der Waals surface area contributed by atoms with Crippen LogP contribution in [0.5, 0.6) is 0 Å². The number of methoxy groups -OCH3 is 1. The first-order chi connectivity index (χ1) is 4.42. The number of hydrogen-bond donors (Lipinski definition) is 1. The van der Waals surface area contributed by atoms with E-state index in [2.05, 4.69) is 4.74 Å². The maximum atomic E-state index is 11.8. The van der Waals surface area contributed by atoms with E-state index in [0.29, 0.717) is 0 Å². The summed E-state index contributed by atoms with van der Waals surface area (Å²) in [6.45, 7) is 0.920. The third-order valence-corrected chi connectivity index (χ3v) is 1.08. The van der Waals surface area contributed by atoms with Gasteiger partial charge in [-0.1, -0.05) is 0 Å². The summed E-state index contributed by atoms with van der Waals surface area (Å²) < 4.78 is 27.7. The Bertz CT molecular complexity index is 140. The Morgan fingerprint density at radius 1 is 1.64 bits per heavy atom. The second kappa shape index (κ2) is 4.46. The average Bonchev–Trinajstić information content (AvgIpc) is 1.86. The van der Waals surface area contributed by atoms with Crippen LogP contribution in [0.4, 0.5) is 8.78 Å². The quantitative estimate of drug-likeness (QED) is 0.646. The van der Waals surface area contributed by atoms with Gasteiger partial charge in [0.1, 0.15) is 0 Å². The molecule has 1 unspecified atom stereocenters. The number of halogens is 3. The molecular weight excluding hydrogens is 180 g/mol. The van der Waals surface area contributed by atoms with Gasteiger partial charge in [-0.15, -0.1) is 12.4 Å². The zero-order valence-electron chi connectivity index (χ0n) is 6.14. The van der Waals surface area contributed by atoms with Crippen molar-refractivity contribution in [1.29, 1.82) is 0 Å². The molecule has 0 aliphatic rings. The van der Waals surface area contributed by atoms with E-state index in [-0.39, 0.29) is 12.4 Å². The van der Waals surface area contributed by atoms with Gasteiger partial charge in [0, 0.05) is 0 Å². The predicted molar refractivity (Wildman–Crippen MR) is 37.9 cm³/mol. The first-order valence-electron chi connectivity index (χ1n) is 2.58. The van der Waals surface area contributed by atoms with E-state index >= 15 is 0 Å². The Labute approximate surface area is 69.3 Å². The van der Waals surface area contributed by atoms with Crippen LogP contribution in [0.2, 0.25) is 0 Å². The Hall–Kier alpha value is -0.420. The van der Waals surface area contributed by atoms with Crippen molar-refractivity contribution in [2.75, 3.05) is 7.11 Å². The highest BCUT2D eigenvalue weighted by molar-refractivity contribution is 5.85. The molecule has 1 atom stereocenters. The van der Waals surface area contributed by atoms with Crippen LogP contribution in [0.25, 0.3) is 0 Å². The monoisotopic (exact) mass is 189 g/mol. The average molecular weight is 190 g/mol. The molecule has 3 nitrogen and oxygen atoms in total. The summed E-state index contributed by atoms with van der Waals surface area (Å²) in [5.74, 6) is -1.11. The van der Waals surface area contributed by atoms with Crippen LogP contribution in [0.1, 0.15) is 6.92 Å². The number of esters is 1. The number of alkyl halides is 2. The lowest BCUT2D eigenvalue weighted by molar-refractivity contribution is -0.152. The van der Waals surface area contributed by atoms with Crippen molar-refractivity contribution >= 4 is 18.4 Å². The van der Waals surface area contributed by atoms with Gasteiger partial charge in [0.25, 0.3) is 6.43 Å². The van der Waals surface area contributed by atoms with E-state index in [1.54, 1.807) is 0 Å². The van der Waals surface area contributed by atoms with Gasteiger partial charge in [-0.3, -0.25) is 0 Å². The molecule has 0 aromatic carbocycles. The van der Waals surface area contributed by atoms with Crippen LogP contribution in [0.15, 0.2) is 0 Å². The van der Waals surface area contributed by atoms with Crippen molar-refractivity contribution in [3.8, 4) is 0 Å². The van der Waals surface area contributed by atoms with Crippen molar-refractivity contribution in [3.63, 3.8) is 0 Å². The lowest BCUT2D eigenvalue weighted by Crippen LogP contribution is -2.51. The summed E-state index contributed by atoms with van der Waals surface area (Å²) in [6.07, 6.45) is -2.90. The van der Waals surface area contributed by atoms with Crippen LogP contribution in [-0.2, 0) is 9.53 Å². The summed E-state index contributed by atoms with van der Waals surface area (Å²) >= 11 is 0. The molecule has 0 fully saturated rings. The molecule has 0 bridgehead atoms. The highest BCUT2D eigenvalue weighted by Crippen LogP contribution is 2.12.